The third-order valence-corrected chi connectivity index (χ3v) is 8.48. The van der Waals surface area contributed by atoms with Crippen LogP contribution < -0.4 is 5.73 Å². The fourth-order valence-corrected chi connectivity index (χ4v) is 6.28. The fourth-order valence-electron chi connectivity index (χ4n) is 6.28. The van der Waals surface area contributed by atoms with Crippen LogP contribution >= 0.6 is 0 Å². The van der Waals surface area contributed by atoms with E-state index < -0.39 is 0 Å². The van der Waals surface area contributed by atoms with Gasteiger partial charge in [-0.1, -0.05) is 49.4 Å². The number of nitrogens with two attached hydrogens (primary N) is 1. The molecule has 2 N–H and O–H groups in total. The third-order valence-electron chi connectivity index (χ3n) is 8.48. The van der Waals surface area contributed by atoms with E-state index in [9.17, 15) is 9.59 Å². The number of primary amides is 1. The molecule has 3 aromatic rings. The molecule has 1 aromatic heterocycles. The maximum atomic E-state index is 15.2. The molecule has 3 heterocycles. The molecule has 190 valence electrons. The lowest BCUT2D eigenvalue weighted by molar-refractivity contribution is -0.136. The molecule has 2 aliphatic heterocycles. The molecule has 1 aliphatic carbocycles. The Bertz CT molecular complexity index is 1440. The van der Waals surface area contributed by atoms with Gasteiger partial charge in [-0.3, -0.25) is 9.59 Å². The highest BCUT2D eigenvalue weighted by Gasteiger charge is 2.43. The Labute approximate surface area is 216 Å². The van der Waals surface area contributed by atoms with Crippen LogP contribution in [0.1, 0.15) is 61.0 Å². The third kappa shape index (κ3) is 4.08. The van der Waals surface area contributed by atoms with Crippen LogP contribution in [0, 0.1) is 17.7 Å². The first-order valence-electron chi connectivity index (χ1n) is 13.3. The van der Waals surface area contributed by atoms with Crippen molar-refractivity contribution in [2.45, 2.75) is 51.5 Å². The number of carbonyl (C=O) groups excluding carboxylic acids is 2. The molecule has 6 heteroatoms. The largest absolute Gasteiger partial charge is 0.369 e. The van der Waals surface area contributed by atoms with Crippen LogP contribution in [0.5, 0.6) is 0 Å². The van der Waals surface area contributed by atoms with Gasteiger partial charge in [0, 0.05) is 47.6 Å². The molecule has 1 fully saturated rings. The van der Waals surface area contributed by atoms with Gasteiger partial charge in [-0.15, -0.1) is 0 Å². The van der Waals surface area contributed by atoms with E-state index >= 15 is 4.39 Å². The van der Waals surface area contributed by atoms with Crippen LogP contribution in [0.3, 0.4) is 0 Å². The number of halogens is 1. The summed E-state index contributed by atoms with van der Waals surface area (Å²) in [6.45, 7) is 4.93. The summed E-state index contributed by atoms with van der Waals surface area (Å²) in [5.41, 5.74) is 12.2. The summed E-state index contributed by atoms with van der Waals surface area (Å²) in [5, 5.41) is 0. The predicted octanol–water partition coefficient (Wildman–Crippen LogP) is 5.45. The molecule has 6 rings (SSSR count). The Kier molecular flexibility index (Phi) is 5.78. The van der Waals surface area contributed by atoms with Crippen molar-refractivity contribution in [3.8, 4) is 11.1 Å². The van der Waals surface area contributed by atoms with E-state index in [1.54, 1.807) is 6.07 Å². The molecule has 3 aliphatic rings. The number of fused-ring (bicyclic) bond motifs is 2. The Morgan fingerprint density at radius 1 is 1.14 bits per heavy atom. The van der Waals surface area contributed by atoms with E-state index in [4.69, 9.17) is 5.73 Å². The van der Waals surface area contributed by atoms with E-state index in [1.165, 1.54) is 17.2 Å². The fraction of sp³-hybridized carbons (Fsp3) is 0.355. The van der Waals surface area contributed by atoms with E-state index in [0.29, 0.717) is 18.4 Å². The lowest BCUT2D eigenvalue weighted by Crippen LogP contribution is -2.43. The molecule has 4 atom stereocenters. The van der Waals surface area contributed by atoms with Crippen LogP contribution in [0.4, 0.5) is 4.39 Å². The lowest BCUT2D eigenvalue weighted by Gasteiger charge is -2.38. The Morgan fingerprint density at radius 2 is 1.95 bits per heavy atom. The van der Waals surface area contributed by atoms with Gasteiger partial charge in [0.05, 0.1) is 12.0 Å². The highest BCUT2D eigenvalue weighted by atomic mass is 19.1. The van der Waals surface area contributed by atoms with Gasteiger partial charge in [0.25, 0.3) is 0 Å². The normalized spacial score (nSPS) is 24.2. The molecule has 0 spiro atoms. The van der Waals surface area contributed by atoms with Crippen molar-refractivity contribution in [3.05, 3.63) is 89.0 Å². The van der Waals surface area contributed by atoms with Gasteiger partial charge in [0.2, 0.25) is 11.8 Å². The average molecular weight is 498 g/mol. The van der Waals surface area contributed by atoms with Crippen molar-refractivity contribution in [1.29, 1.82) is 0 Å². The van der Waals surface area contributed by atoms with Crippen LogP contribution in [0.15, 0.2) is 60.8 Å². The number of aromatic nitrogens is 1. The zero-order valence-electron chi connectivity index (χ0n) is 21.3. The summed E-state index contributed by atoms with van der Waals surface area (Å²) in [6, 6.07) is 15.7. The SMILES string of the molecule is CCC1=CC(C(=O)N2CCc3ccccc3[C@H]2C)Cc2cc(-c3ccc([C@H]4C[C@@H]4C(N)=O)cc3F)cn21. The van der Waals surface area contributed by atoms with E-state index in [1.807, 2.05) is 29.3 Å². The van der Waals surface area contributed by atoms with Crippen molar-refractivity contribution in [1.82, 2.24) is 9.47 Å². The van der Waals surface area contributed by atoms with Gasteiger partial charge in [0.15, 0.2) is 0 Å². The van der Waals surface area contributed by atoms with Gasteiger partial charge in [-0.25, -0.2) is 4.39 Å². The number of allylic oxidation sites excluding steroid dienone is 1. The van der Waals surface area contributed by atoms with Crippen LogP contribution in [0.2, 0.25) is 0 Å². The minimum atomic E-state index is -0.319. The van der Waals surface area contributed by atoms with Crippen molar-refractivity contribution < 1.29 is 14.0 Å². The standard InChI is InChI=1S/C31H32FN3O2/c1-3-23-12-21(31(37)34-11-10-19-6-4-5-7-25(19)18(34)2)13-24-14-22(17-35(23)24)26-9-8-20(15-29(26)32)27-16-28(27)30(33)36/h4-9,12,14-15,17-18,21,27-28H,3,10-11,13,16H2,1-2H3,(H2,33,36)/t18-,21?,27-,28+/m1/s1. The molecular weight excluding hydrogens is 465 g/mol. The molecular formula is C31H32FN3O2. The van der Waals surface area contributed by atoms with Gasteiger partial charge in [-0.05, 0) is 60.9 Å². The highest BCUT2D eigenvalue weighted by molar-refractivity contribution is 5.84. The number of nitrogens with zero attached hydrogens (tertiary/aromatic N) is 2. The summed E-state index contributed by atoms with van der Waals surface area (Å²) in [6.07, 6.45) is 7.02. The topological polar surface area (TPSA) is 68.3 Å². The minimum Gasteiger partial charge on any atom is -0.369 e. The van der Waals surface area contributed by atoms with Gasteiger partial charge >= 0.3 is 0 Å². The summed E-state index contributed by atoms with van der Waals surface area (Å²) in [7, 11) is 0. The summed E-state index contributed by atoms with van der Waals surface area (Å²) < 4.78 is 17.3. The quantitative estimate of drug-likeness (QED) is 0.509. The second-order valence-corrected chi connectivity index (χ2v) is 10.7. The Balaban J connectivity index is 1.25. The maximum Gasteiger partial charge on any atom is 0.230 e. The Morgan fingerprint density at radius 3 is 2.68 bits per heavy atom. The Hall–Kier alpha value is -3.67. The van der Waals surface area contributed by atoms with Crippen molar-refractivity contribution >= 4 is 17.5 Å². The first-order valence-corrected chi connectivity index (χ1v) is 13.3. The molecule has 0 radical (unpaired) electrons. The first-order chi connectivity index (χ1) is 17.9. The lowest BCUT2D eigenvalue weighted by atomic mass is 9.90. The summed E-state index contributed by atoms with van der Waals surface area (Å²) in [4.78, 5) is 27.2. The summed E-state index contributed by atoms with van der Waals surface area (Å²) >= 11 is 0. The smallest absolute Gasteiger partial charge is 0.230 e. The first kappa shape index (κ1) is 23.7. The van der Waals surface area contributed by atoms with Crippen molar-refractivity contribution in [2.75, 3.05) is 6.54 Å². The van der Waals surface area contributed by atoms with Crippen molar-refractivity contribution in [3.63, 3.8) is 0 Å². The van der Waals surface area contributed by atoms with E-state index in [0.717, 1.165) is 41.9 Å². The van der Waals surface area contributed by atoms with E-state index in [-0.39, 0.29) is 41.4 Å². The van der Waals surface area contributed by atoms with Crippen LogP contribution in [-0.2, 0) is 22.4 Å². The second-order valence-electron chi connectivity index (χ2n) is 10.7. The maximum absolute atomic E-state index is 15.2. The zero-order chi connectivity index (χ0) is 25.8. The highest BCUT2D eigenvalue weighted by Crippen LogP contribution is 2.48. The molecule has 37 heavy (non-hydrogen) atoms. The minimum absolute atomic E-state index is 0.0221. The number of carbonyl (C=O) groups is 2. The molecule has 5 nitrogen and oxygen atoms in total. The second kappa shape index (κ2) is 9.02. The number of hydrogen-bond acceptors (Lipinski definition) is 2. The zero-order valence-corrected chi connectivity index (χ0v) is 21.3. The summed E-state index contributed by atoms with van der Waals surface area (Å²) in [5.74, 6) is -0.855. The molecule has 1 unspecified atom stereocenters. The molecule has 1 saturated carbocycles. The van der Waals surface area contributed by atoms with Crippen LogP contribution in [-0.4, -0.2) is 27.8 Å². The number of rotatable bonds is 5. The number of hydrogen-bond donors (Lipinski definition) is 1. The predicted molar refractivity (Wildman–Crippen MR) is 142 cm³/mol. The monoisotopic (exact) mass is 497 g/mol. The van der Waals surface area contributed by atoms with Gasteiger partial charge in [0.1, 0.15) is 5.82 Å². The average Bonchev–Trinajstić information content (AvgIpc) is 3.60. The molecule has 2 amide bonds. The molecule has 0 bridgehead atoms. The van der Waals surface area contributed by atoms with Crippen molar-refractivity contribution in [2.24, 2.45) is 17.6 Å². The van der Waals surface area contributed by atoms with Gasteiger partial charge < -0.3 is 15.2 Å². The van der Waals surface area contributed by atoms with E-state index in [2.05, 4.69) is 42.7 Å². The number of benzene rings is 2. The number of amides is 2. The van der Waals surface area contributed by atoms with Gasteiger partial charge in [-0.2, -0.15) is 0 Å². The molecule has 0 saturated heterocycles. The van der Waals surface area contributed by atoms with Crippen LogP contribution in [0.25, 0.3) is 16.8 Å². The molecule has 2 aromatic carbocycles.